The Kier molecular flexibility index (Phi) is 4.36. The van der Waals surface area contributed by atoms with Crippen molar-refractivity contribution in [3.8, 4) is 0 Å². The lowest BCUT2D eigenvalue weighted by Gasteiger charge is -2.21. The summed E-state index contributed by atoms with van der Waals surface area (Å²) in [5, 5.41) is 19.3. The first-order valence-corrected chi connectivity index (χ1v) is 6.70. The smallest absolute Gasteiger partial charge is 0.227 e. The van der Waals surface area contributed by atoms with Gasteiger partial charge in [-0.05, 0) is 32.1 Å². The van der Waals surface area contributed by atoms with Crippen LogP contribution in [-0.2, 0) is 11.2 Å². The molecule has 2 atom stereocenters. The number of H-pyrrole nitrogens is 1. The fourth-order valence-corrected chi connectivity index (χ4v) is 2.42. The van der Waals surface area contributed by atoms with Crippen molar-refractivity contribution in [1.82, 2.24) is 15.5 Å². The number of fused-ring (bicyclic) bond motifs is 1. The van der Waals surface area contributed by atoms with Crippen molar-refractivity contribution < 1.29 is 9.90 Å². The lowest BCUT2D eigenvalue weighted by molar-refractivity contribution is -0.122. The van der Waals surface area contributed by atoms with Crippen LogP contribution in [0.15, 0.2) is 6.20 Å². The molecule has 2 rings (SSSR count). The topological polar surface area (TPSA) is 78.0 Å². The van der Waals surface area contributed by atoms with E-state index in [4.69, 9.17) is 0 Å². The van der Waals surface area contributed by atoms with E-state index in [2.05, 4.69) is 15.5 Å². The molecule has 100 valence electrons. The second-order valence-corrected chi connectivity index (χ2v) is 4.89. The minimum atomic E-state index is -0.318. The van der Waals surface area contributed by atoms with E-state index < -0.39 is 0 Å². The molecule has 5 nitrogen and oxygen atoms in total. The molecule has 0 bridgehead atoms. The number of nitrogens with one attached hydrogen (secondary N) is 2. The van der Waals surface area contributed by atoms with E-state index in [9.17, 15) is 9.90 Å². The molecule has 0 radical (unpaired) electrons. The van der Waals surface area contributed by atoms with Crippen molar-refractivity contribution in [2.45, 2.75) is 51.0 Å². The summed E-state index contributed by atoms with van der Waals surface area (Å²) in [5.41, 5.74) is 2.13. The average molecular weight is 251 g/mol. The standard InChI is InChI=1S/C13H21N3O2/c1-2-9(17)6-7-14-13(18)10-4-3-5-12-11(10)8-15-16-12/h8-10,17H,2-7H2,1H3,(H,14,18)(H,15,16). The minimum absolute atomic E-state index is 0.0562. The number of aromatic amines is 1. The van der Waals surface area contributed by atoms with Gasteiger partial charge in [-0.3, -0.25) is 9.89 Å². The van der Waals surface area contributed by atoms with Crippen LogP contribution in [0, 0.1) is 0 Å². The third-order valence-corrected chi connectivity index (χ3v) is 3.61. The molecule has 2 unspecified atom stereocenters. The van der Waals surface area contributed by atoms with Gasteiger partial charge in [-0.1, -0.05) is 6.92 Å². The van der Waals surface area contributed by atoms with E-state index in [1.54, 1.807) is 6.20 Å². The second kappa shape index (κ2) is 6.00. The highest BCUT2D eigenvalue weighted by molar-refractivity contribution is 5.84. The van der Waals surface area contributed by atoms with Crippen LogP contribution in [0.3, 0.4) is 0 Å². The molecular formula is C13H21N3O2. The Morgan fingerprint density at radius 3 is 3.33 bits per heavy atom. The monoisotopic (exact) mass is 251 g/mol. The lowest BCUT2D eigenvalue weighted by atomic mass is 9.86. The molecule has 18 heavy (non-hydrogen) atoms. The third kappa shape index (κ3) is 2.90. The fraction of sp³-hybridized carbons (Fsp3) is 0.692. The number of nitrogens with zero attached hydrogens (tertiary/aromatic N) is 1. The first-order valence-electron chi connectivity index (χ1n) is 6.70. The first-order chi connectivity index (χ1) is 8.72. The summed E-state index contributed by atoms with van der Waals surface area (Å²) in [4.78, 5) is 12.1. The van der Waals surface area contributed by atoms with E-state index in [1.807, 2.05) is 6.92 Å². The number of carbonyl (C=O) groups excluding carboxylic acids is 1. The molecule has 3 N–H and O–H groups in total. The molecule has 1 aromatic heterocycles. The van der Waals surface area contributed by atoms with Crippen molar-refractivity contribution in [2.75, 3.05) is 6.54 Å². The van der Waals surface area contributed by atoms with Crippen LogP contribution in [0.1, 0.15) is 49.8 Å². The van der Waals surface area contributed by atoms with Crippen LogP contribution in [0.25, 0.3) is 0 Å². The van der Waals surface area contributed by atoms with Crippen molar-refractivity contribution in [2.24, 2.45) is 0 Å². The number of aryl methyl sites for hydroxylation is 1. The highest BCUT2D eigenvalue weighted by atomic mass is 16.3. The second-order valence-electron chi connectivity index (χ2n) is 4.89. The molecule has 0 fully saturated rings. The highest BCUT2D eigenvalue weighted by Gasteiger charge is 2.27. The summed E-state index contributed by atoms with van der Waals surface area (Å²) in [6, 6.07) is 0. The maximum absolute atomic E-state index is 12.1. The van der Waals surface area contributed by atoms with Crippen LogP contribution in [0.5, 0.6) is 0 Å². The van der Waals surface area contributed by atoms with Gasteiger partial charge < -0.3 is 10.4 Å². The average Bonchev–Trinajstić information content (AvgIpc) is 2.86. The van der Waals surface area contributed by atoms with Gasteiger partial charge in [-0.2, -0.15) is 5.10 Å². The molecule has 1 amide bonds. The molecule has 1 aliphatic carbocycles. The fourth-order valence-electron chi connectivity index (χ4n) is 2.42. The Morgan fingerprint density at radius 2 is 2.56 bits per heavy atom. The summed E-state index contributed by atoms with van der Waals surface area (Å²) in [6.45, 7) is 2.48. The predicted octanol–water partition coefficient (Wildman–Crippen LogP) is 1.11. The molecule has 0 aromatic carbocycles. The van der Waals surface area contributed by atoms with Crippen LogP contribution in [0.4, 0.5) is 0 Å². The molecule has 0 aliphatic heterocycles. The predicted molar refractivity (Wildman–Crippen MR) is 68.2 cm³/mol. The summed E-state index contributed by atoms with van der Waals surface area (Å²) < 4.78 is 0. The van der Waals surface area contributed by atoms with E-state index in [-0.39, 0.29) is 17.9 Å². The van der Waals surface area contributed by atoms with Crippen LogP contribution in [-0.4, -0.2) is 33.9 Å². The molecule has 1 heterocycles. The van der Waals surface area contributed by atoms with Crippen LogP contribution in [0.2, 0.25) is 0 Å². The number of carbonyl (C=O) groups is 1. The van der Waals surface area contributed by atoms with Crippen molar-refractivity contribution >= 4 is 5.91 Å². The molecule has 0 saturated heterocycles. The van der Waals surface area contributed by atoms with Gasteiger partial charge in [0.2, 0.25) is 5.91 Å². The van der Waals surface area contributed by atoms with Crippen LogP contribution < -0.4 is 5.32 Å². The third-order valence-electron chi connectivity index (χ3n) is 3.61. The molecular weight excluding hydrogens is 230 g/mol. The summed E-state index contributed by atoms with van der Waals surface area (Å²) in [7, 11) is 0. The van der Waals surface area contributed by atoms with E-state index in [1.165, 1.54) is 0 Å². The lowest BCUT2D eigenvalue weighted by Crippen LogP contribution is -2.33. The quantitative estimate of drug-likeness (QED) is 0.733. The van der Waals surface area contributed by atoms with Gasteiger partial charge in [-0.25, -0.2) is 0 Å². The number of hydrogen-bond acceptors (Lipinski definition) is 3. The molecule has 0 saturated carbocycles. The van der Waals surface area contributed by atoms with Crippen molar-refractivity contribution in [3.05, 3.63) is 17.5 Å². The van der Waals surface area contributed by atoms with Crippen LogP contribution >= 0.6 is 0 Å². The molecule has 1 aromatic rings. The summed E-state index contributed by atoms with van der Waals surface area (Å²) >= 11 is 0. The zero-order valence-corrected chi connectivity index (χ0v) is 10.8. The number of aliphatic hydroxyl groups is 1. The van der Waals surface area contributed by atoms with Gasteiger partial charge in [0.1, 0.15) is 0 Å². The normalized spacial score (nSPS) is 20.2. The minimum Gasteiger partial charge on any atom is -0.393 e. The van der Waals surface area contributed by atoms with E-state index >= 15 is 0 Å². The molecule has 0 spiro atoms. The Bertz CT molecular complexity index is 403. The SMILES string of the molecule is CCC(O)CCNC(=O)C1CCCc2[nH]ncc21. The summed E-state index contributed by atoms with van der Waals surface area (Å²) in [6.07, 6.45) is 5.67. The Morgan fingerprint density at radius 1 is 1.72 bits per heavy atom. The first kappa shape index (κ1) is 13.1. The van der Waals surface area contributed by atoms with Crippen molar-refractivity contribution in [1.29, 1.82) is 0 Å². The maximum Gasteiger partial charge on any atom is 0.227 e. The van der Waals surface area contributed by atoms with E-state index in [0.29, 0.717) is 13.0 Å². The maximum atomic E-state index is 12.1. The number of hydrogen-bond donors (Lipinski definition) is 3. The highest BCUT2D eigenvalue weighted by Crippen LogP contribution is 2.30. The number of rotatable bonds is 5. The van der Waals surface area contributed by atoms with Gasteiger partial charge in [0.25, 0.3) is 0 Å². The van der Waals surface area contributed by atoms with Gasteiger partial charge in [-0.15, -0.1) is 0 Å². The summed E-state index contributed by atoms with van der Waals surface area (Å²) in [5.74, 6) is -0.0214. The zero-order chi connectivity index (χ0) is 13.0. The van der Waals surface area contributed by atoms with Crippen molar-refractivity contribution in [3.63, 3.8) is 0 Å². The van der Waals surface area contributed by atoms with Gasteiger partial charge in [0.05, 0.1) is 18.2 Å². The molecule has 5 heteroatoms. The largest absolute Gasteiger partial charge is 0.393 e. The van der Waals surface area contributed by atoms with Gasteiger partial charge in [0.15, 0.2) is 0 Å². The Labute approximate surface area is 107 Å². The Hall–Kier alpha value is -1.36. The Balaban J connectivity index is 1.87. The number of amides is 1. The zero-order valence-electron chi connectivity index (χ0n) is 10.8. The van der Waals surface area contributed by atoms with Gasteiger partial charge in [0, 0.05) is 17.8 Å². The van der Waals surface area contributed by atoms with E-state index in [0.717, 1.165) is 36.9 Å². The molecule has 1 aliphatic rings. The van der Waals surface area contributed by atoms with Gasteiger partial charge >= 0.3 is 0 Å². The number of aliphatic hydroxyl groups excluding tert-OH is 1. The number of aromatic nitrogens is 2.